The van der Waals surface area contributed by atoms with Crippen LogP contribution in [-0.4, -0.2) is 0 Å². The zero-order valence-corrected chi connectivity index (χ0v) is 9.35. The Hall–Kier alpha value is -2.00. The minimum atomic E-state index is 0.410. The molecule has 2 rings (SSSR count). The van der Waals surface area contributed by atoms with Crippen molar-refractivity contribution in [2.45, 2.75) is 12.8 Å². The number of rotatable bonds is 2. The van der Waals surface area contributed by atoms with E-state index in [4.69, 9.17) is 6.42 Å². The van der Waals surface area contributed by atoms with E-state index in [0.29, 0.717) is 5.92 Å². The smallest absolute Gasteiger partial charge is 0.0242 e. The van der Waals surface area contributed by atoms with Crippen molar-refractivity contribution in [2.24, 2.45) is 0 Å². The van der Waals surface area contributed by atoms with E-state index in [1.54, 1.807) is 0 Å². The fourth-order valence-electron chi connectivity index (χ4n) is 1.80. The first-order valence-corrected chi connectivity index (χ1v) is 5.43. The zero-order chi connectivity index (χ0) is 11.4. The van der Waals surface area contributed by atoms with Crippen LogP contribution in [0.1, 0.15) is 29.5 Å². The van der Waals surface area contributed by atoms with Crippen molar-refractivity contribution in [1.82, 2.24) is 0 Å². The minimum absolute atomic E-state index is 0.410. The summed E-state index contributed by atoms with van der Waals surface area (Å²) >= 11 is 0. The van der Waals surface area contributed by atoms with Gasteiger partial charge < -0.3 is 0 Å². The molecular weight excluding hydrogens is 192 g/mol. The van der Waals surface area contributed by atoms with Crippen LogP contribution in [0, 0.1) is 12.3 Å². The molecule has 0 aliphatic carbocycles. The fraction of sp³-hybridized carbons (Fsp3) is 0.125. The second kappa shape index (κ2) is 4.68. The van der Waals surface area contributed by atoms with Gasteiger partial charge in [-0.15, -0.1) is 6.42 Å². The maximum Gasteiger partial charge on any atom is 0.0242 e. The van der Waals surface area contributed by atoms with Crippen LogP contribution in [0.4, 0.5) is 0 Å². The lowest BCUT2D eigenvalue weighted by Gasteiger charge is -2.12. The third-order valence-electron chi connectivity index (χ3n) is 2.88. The van der Waals surface area contributed by atoms with Crippen LogP contribution >= 0.6 is 0 Å². The van der Waals surface area contributed by atoms with Crippen LogP contribution in [0.3, 0.4) is 0 Å². The van der Waals surface area contributed by atoms with Gasteiger partial charge in [-0.25, -0.2) is 0 Å². The maximum absolute atomic E-state index is 5.34. The molecule has 0 heterocycles. The van der Waals surface area contributed by atoms with E-state index < -0.39 is 0 Å². The maximum atomic E-state index is 5.34. The third-order valence-corrected chi connectivity index (χ3v) is 2.88. The Bertz CT molecular complexity index is 486. The van der Waals surface area contributed by atoms with Crippen LogP contribution in [0.5, 0.6) is 0 Å². The SMILES string of the molecule is C#Cc1ccc(C(C)c2ccccc2)cc1. The summed E-state index contributed by atoms with van der Waals surface area (Å²) in [6, 6.07) is 18.7. The minimum Gasteiger partial charge on any atom is -0.115 e. The summed E-state index contributed by atoms with van der Waals surface area (Å²) in [4.78, 5) is 0. The quantitative estimate of drug-likeness (QED) is 0.655. The lowest BCUT2D eigenvalue weighted by molar-refractivity contribution is 0.922. The van der Waals surface area contributed by atoms with E-state index in [1.165, 1.54) is 11.1 Å². The van der Waals surface area contributed by atoms with Gasteiger partial charge in [-0.3, -0.25) is 0 Å². The monoisotopic (exact) mass is 206 g/mol. The average molecular weight is 206 g/mol. The van der Waals surface area contributed by atoms with Crippen molar-refractivity contribution in [2.75, 3.05) is 0 Å². The largest absolute Gasteiger partial charge is 0.115 e. The zero-order valence-electron chi connectivity index (χ0n) is 9.35. The number of terminal acetylenes is 1. The van der Waals surface area contributed by atoms with Gasteiger partial charge in [0.05, 0.1) is 0 Å². The first-order valence-electron chi connectivity index (χ1n) is 5.43. The molecule has 2 aromatic rings. The van der Waals surface area contributed by atoms with Crippen LogP contribution < -0.4 is 0 Å². The molecule has 0 aromatic heterocycles. The molecule has 0 nitrogen and oxygen atoms in total. The number of benzene rings is 2. The standard InChI is InChI=1S/C16H14/c1-3-14-9-11-16(12-10-14)13(2)15-7-5-4-6-8-15/h1,4-13H,2H3. The molecule has 0 saturated carbocycles. The highest BCUT2D eigenvalue weighted by Crippen LogP contribution is 2.23. The first kappa shape index (κ1) is 10.5. The van der Waals surface area contributed by atoms with Crippen LogP contribution in [-0.2, 0) is 0 Å². The molecule has 0 spiro atoms. The molecule has 0 amide bonds. The molecule has 1 unspecified atom stereocenters. The van der Waals surface area contributed by atoms with Gasteiger partial charge in [0.2, 0.25) is 0 Å². The van der Waals surface area contributed by atoms with E-state index >= 15 is 0 Å². The van der Waals surface area contributed by atoms with Crippen molar-refractivity contribution in [3.63, 3.8) is 0 Å². The van der Waals surface area contributed by atoms with Gasteiger partial charge in [-0.2, -0.15) is 0 Å². The molecule has 0 saturated heterocycles. The average Bonchev–Trinajstić information content (AvgIpc) is 2.39. The summed E-state index contributed by atoms with van der Waals surface area (Å²) in [6.45, 7) is 2.21. The molecule has 0 aliphatic heterocycles. The Balaban J connectivity index is 2.28. The molecule has 78 valence electrons. The van der Waals surface area contributed by atoms with Gasteiger partial charge in [-0.05, 0) is 23.3 Å². The molecule has 1 atom stereocenters. The lowest BCUT2D eigenvalue weighted by Crippen LogP contribution is -1.95. The third kappa shape index (κ3) is 2.15. The van der Waals surface area contributed by atoms with Gasteiger partial charge in [0.25, 0.3) is 0 Å². The van der Waals surface area contributed by atoms with Crippen LogP contribution in [0.25, 0.3) is 0 Å². The molecule has 0 aliphatic rings. The van der Waals surface area contributed by atoms with Gasteiger partial charge >= 0.3 is 0 Å². The van der Waals surface area contributed by atoms with Crippen molar-refractivity contribution in [3.05, 3.63) is 71.3 Å². The van der Waals surface area contributed by atoms with E-state index in [0.717, 1.165) is 5.56 Å². The number of hydrogen-bond donors (Lipinski definition) is 0. The topological polar surface area (TPSA) is 0 Å². The molecule has 2 aromatic carbocycles. The van der Waals surface area contributed by atoms with E-state index in [9.17, 15) is 0 Å². The van der Waals surface area contributed by atoms with Crippen molar-refractivity contribution in [3.8, 4) is 12.3 Å². The normalized spacial score (nSPS) is 11.8. The van der Waals surface area contributed by atoms with E-state index in [-0.39, 0.29) is 0 Å². The molecule has 0 heteroatoms. The van der Waals surface area contributed by atoms with E-state index in [2.05, 4.69) is 49.2 Å². The molecule has 0 radical (unpaired) electrons. The van der Waals surface area contributed by atoms with Crippen LogP contribution in [0.2, 0.25) is 0 Å². The summed E-state index contributed by atoms with van der Waals surface area (Å²) in [6.07, 6.45) is 5.34. The second-order valence-corrected chi connectivity index (χ2v) is 3.90. The van der Waals surface area contributed by atoms with Crippen molar-refractivity contribution < 1.29 is 0 Å². The van der Waals surface area contributed by atoms with Crippen LogP contribution in [0.15, 0.2) is 54.6 Å². The lowest BCUT2D eigenvalue weighted by atomic mass is 9.93. The highest BCUT2D eigenvalue weighted by Gasteiger charge is 2.06. The molecule has 0 bridgehead atoms. The second-order valence-electron chi connectivity index (χ2n) is 3.90. The van der Waals surface area contributed by atoms with Gasteiger partial charge in [0.15, 0.2) is 0 Å². The fourth-order valence-corrected chi connectivity index (χ4v) is 1.80. The number of hydrogen-bond acceptors (Lipinski definition) is 0. The summed E-state index contributed by atoms with van der Waals surface area (Å²) in [7, 11) is 0. The molecule has 0 N–H and O–H groups in total. The Morgan fingerprint density at radius 2 is 1.44 bits per heavy atom. The Morgan fingerprint density at radius 3 is 2.00 bits per heavy atom. The highest BCUT2D eigenvalue weighted by molar-refractivity contribution is 5.38. The first-order chi connectivity index (χ1) is 7.81. The Kier molecular flexibility index (Phi) is 3.08. The highest BCUT2D eigenvalue weighted by atomic mass is 14.1. The summed E-state index contributed by atoms with van der Waals surface area (Å²) in [5, 5.41) is 0. The molecule has 0 fully saturated rings. The summed E-state index contributed by atoms with van der Waals surface area (Å²) in [5.74, 6) is 3.04. The summed E-state index contributed by atoms with van der Waals surface area (Å²) in [5.41, 5.74) is 3.56. The predicted octanol–water partition coefficient (Wildman–Crippen LogP) is 3.82. The molecule has 16 heavy (non-hydrogen) atoms. The van der Waals surface area contributed by atoms with Crippen molar-refractivity contribution in [1.29, 1.82) is 0 Å². The summed E-state index contributed by atoms with van der Waals surface area (Å²) < 4.78 is 0. The van der Waals surface area contributed by atoms with Gasteiger partial charge in [-0.1, -0.05) is 55.3 Å². The van der Waals surface area contributed by atoms with Gasteiger partial charge in [0, 0.05) is 11.5 Å². The Labute approximate surface area is 96.9 Å². The Morgan fingerprint density at radius 1 is 0.875 bits per heavy atom. The van der Waals surface area contributed by atoms with Crippen molar-refractivity contribution >= 4 is 0 Å². The van der Waals surface area contributed by atoms with Gasteiger partial charge in [0.1, 0.15) is 0 Å². The van der Waals surface area contributed by atoms with E-state index in [1.807, 2.05) is 18.2 Å². The molecular formula is C16H14. The predicted molar refractivity (Wildman–Crippen MR) is 68.3 cm³/mol.